The van der Waals surface area contributed by atoms with E-state index in [-0.39, 0.29) is 0 Å². The highest BCUT2D eigenvalue weighted by molar-refractivity contribution is 6.16. The Hall–Kier alpha value is -5.60. The summed E-state index contributed by atoms with van der Waals surface area (Å²) in [5, 5.41) is 55.3. The highest BCUT2D eigenvalue weighted by atomic mass is 16.6. The van der Waals surface area contributed by atoms with Gasteiger partial charge in [0.25, 0.3) is 0 Å². The number of rotatable bonds is 8. The maximum atomic E-state index is 12.5. The zero-order valence-electron chi connectivity index (χ0n) is 16.7. The number of hydrogen-bond acceptors (Lipinski definition) is 9. The number of hydrogen-bond donors (Lipinski definition) is 6. The summed E-state index contributed by atoms with van der Waals surface area (Å²) in [7, 11) is 0. The third-order valence-corrected chi connectivity index (χ3v) is 4.28. The van der Waals surface area contributed by atoms with Gasteiger partial charge in [0.2, 0.25) is 0 Å². The van der Waals surface area contributed by atoms with Crippen LogP contribution >= 0.6 is 0 Å². The third kappa shape index (κ3) is 5.08. The van der Waals surface area contributed by atoms with Gasteiger partial charge in [-0.2, -0.15) is 0 Å². The molecule has 0 bridgehead atoms. The van der Waals surface area contributed by atoms with Crippen LogP contribution in [0.25, 0.3) is 0 Å². The maximum absolute atomic E-state index is 12.5. The lowest BCUT2D eigenvalue weighted by atomic mass is 9.96. The van der Waals surface area contributed by atoms with Crippen molar-refractivity contribution in [1.82, 2.24) is 0 Å². The van der Waals surface area contributed by atoms with Crippen LogP contribution in [0.15, 0.2) is 24.3 Å². The quantitative estimate of drug-likeness (QED) is 0.221. The predicted octanol–water partition coefficient (Wildman–Crippen LogP) is 0.873. The second-order valence-electron chi connectivity index (χ2n) is 6.40. The van der Waals surface area contributed by atoms with Gasteiger partial charge in [-0.25, -0.2) is 38.4 Å². The van der Waals surface area contributed by atoms with E-state index in [9.17, 15) is 58.8 Å². The molecule has 0 atom stereocenters. The number of carbonyl (C=O) groups excluding carboxylic acids is 2. The molecule has 35 heavy (non-hydrogen) atoms. The van der Waals surface area contributed by atoms with Crippen LogP contribution in [0, 0.1) is 0 Å². The van der Waals surface area contributed by atoms with E-state index in [4.69, 9.17) is 10.2 Å². The number of esters is 2. The molecule has 15 heteroatoms. The molecule has 0 heterocycles. The lowest BCUT2D eigenvalue weighted by Gasteiger charge is -2.12. The Bertz CT molecular complexity index is 1260. The topological polar surface area (TPSA) is 267 Å². The number of carboxylic acids is 6. The van der Waals surface area contributed by atoms with Crippen LogP contribution < -0.4 is 0 Å². The first-order valence-corrected chi connectivity index (χ1v) is 8.69. The summed E-state index contributed by atoms with van der Waals surface area (Å²) in [6.45, 7) is 0. The number of ether oxygens (including phenoxy) is 1. The number of aromatic carboxylic acids is 6. The van der Waals surface area contributed by atoms with E-state index in [2.05, 4.69) is 4.74 Å². The summed E-state index contributed by atoms with van der Waals surface area (Å²) >= 11 is 0. The van der Waals surface area contributed by atoms with Gasteiger partial charge in [0.15, 0.2) is 0 Å². The van der Waals surface area contributed by atoms with Gasteiger partial charge in [-0.15, -0.1) is 0 Å². The van der Waals surface area contributed by atoms with E-state index in [0.29, 0.717) is 24.3 Å². The van der Waals surface area contributed by atoms with E-state index < -0.39 is 92.3 Å². The highest BCUT2D eigenvalue weighted by Crippen LogP contribution is 2.23. The average Bonchev–Trinajstić information content (AvgIpc) is 2.76. The first-order valence-electron chi connectivity index (χ1n) is 8.69. The van der Waals surface area contributed by atoms with Crippen LogP contribution in [0.4, 0.5) is 0 Å². The molecule has 0 saturated carbocycles. The molecular weight excluding hydrogens is 480 g/mol. The zero-order chi connectivity index (χ0) is 26.8. The van der Waals surface area contributed by atoms with Gasteiger partial charge in [-0.1, -0.05) is 0 Å². The normalized spacial score (nSPS) is 10.2. The largest absolute Gasteiger partial charge is 0.478 e. The smallest absolute Gasteiger partial charge is 0.346 e. The molecule has 0 aromatic heterocycles. The van der Waals surface area contributed by atoms with Crippen molar-refractivity contribution in [3.05, 3.63) is 68.8 Å². The summed E-state index contributed by atoms with van der Waals surface area (Å²) < 4.78 is 4.37. The van der Waals surface area contributed by atoms with E-state index in [0.717, 1.165) is 0 Å². The predicted molar refractivity (Wildman–Crippen MR) is 104 cm³/mol. The fourth-order valence-corrected chi connectivity index (χ4v) is 2.85. The summed E-state index contributed by atoms with van der Waals surface area (Å²) in [6.07, 6.45) is 0. The van der Waals surface area contributed by atoms with Crippen LogP contribution in [0.5, 0.6) is 0 Å². The van der Waals surface area contributed by atoms with Crippen molar-refractivity contribution in [2.24, 2.45) is 0 Å². The lowest BCUT2D eigenvalue weighted by molar-refractivity contribution is 0.0386. The van der Waals surface area contributed by atoms with Gasteiger partial charge in [-0.3, -0.25) is 0 Å². The molecule has 0 aliphatic heterocycles. The fourth-order valence-electron chi connectivity index (χ4n) is 2.85. The Morgan fingerprint density at radius 1 is 0.429 bits per heavy atom. The summed E-state index contributed by atoms with van der Waals surface area (Å²) in [5.41, 5.74) is -9.11. The molecule has 2 rings (SSSR count). The van der Waals surface area contributed by atoms with Gasteiger partial charge < -0.3 is 35.4 Å². The molecule has 0 aliphatic carbocycles. The van der Waals surface area contributed by atoms with Gasteiger partial charge in [0, 0.05) is 0 Å². The Balaban J connectivity index is 2.73. The van der Waals surface area contributed by atoms with E-state index in [1.54, 1.807) is 0 Å². The van der Waals surface area contributed by atoms with Crippen molar-refractivity contribution in [1.29, 1.82) is 0 Å². The molecule has 0 fully saturated rings. The Morgan fingerprint density at radius 2 is 0.714 bits per heavy atom. The van der Waals surface area contributed by atoms with E-state index >= 15 is 0 Å². The molecule has 0 amide bonds. The van der Waals surface area contributed by atoms with Gasteiger partial charge >= 0.3 is 47.8 Å². The molecule has 2 aromatic rings. The van der Waals surface area contributed by atoms with Crippen molar-refractivity contribution in [3.63, 3.8) is 0 Å². The zero-order valence-corrected chi connectivity index (χ0v) is 16.7. The van der Waals surface area contributed by atoms with E-state index in [1.165, 1.54) is 0 Å². The first kappa shape index (κ1) is 25.7. The minimum atomic E-state index is -2.04. The molecule has 2 aromatic carbocycles. The highest BCUT2D eigenvalue weighted by Gasteiger charge is 2.32. The number of benzene rings is 2. The molecule has 0 aliphatic rings. The molecule has 15 nitrogen and oxygen atoms in total. The SMILES string of the molecule is O=C(O)c1cc(C(=O)O)c(C(=O)O)c(C(=O)OC(=O)c2cc(C(=O)O)cc(C(=O)O)c2C(=O)O)c1. The fraction of sp³-hybridized carbons (Fsp3) is 0. The molecular formula is C20H10O15. The van der Waals surface area contributed by atoms with Gasteiger partial charge in [0.1, 0.15) is 0 Å². The molecule has 0 radical (unpaired) electrons. The van der Waals surface area contributed by atoms with Crippen LogP contribution in [0.2, 0.25) is 0 Å². The van der Waals surface area contributed by atoms with Gasteiger partial charge in [-0.05, 0) is 24.3 Å². The van der Waals surface area contributed by atoms with Crippen LogP contribution in [0.3, 0.4) is 0 Å². The summed E-state index contributed by atoms with van der Waals surface area (Å²) in [6, 6.07) is 1.60. The maximum Gasteiger partial charge on any atom is 0.346 e. The first-order chi connectivity index (χ1) is 16.2. The van der Waals surface area contributed by atoms with Crippen molar-refractivity contribution >= 4 is 47.8 Å². The second-order valence-corrected chi connectivity index (χ2v) is 6.40. The van der Waals surface area contributed by atoms with Gasteiger partial charge in [0.05, 0.1) is 44.5 Å². The average molecular weight is 490 g/mol. The number of carboxylic acid groups (broad SMARTS) is 6. The van der Waals surface area contributed by atoms with E-state index in [1.807, 2.05) is 0 Å². The second kappa shape index (κ2) is 9.49. The monoisotopic (exact) mass is 490 g/mol. The standard InChI is InChI=1S/C20H10O15/c21-13(22)5-1-7(15(25)26)11(17(29)30)9(3-5)19(33)35-20(34)10-4-6(14(23)24)2-8(16(27)28)12(10)18(31)32/h1-4H,(H,21,22)(H,23,24)(H,25,26)(H,27,28)(H,29,30)(H,31,32). The molecule has 0 spiro atoms. The summed E-state index contributed by atoms with van der Waals surface area (Å²) in [4.78, 5) is 93.5. The Kier molecular flexibility index (Phi) is 6.96. The Labute approximate surface area is 191 Å². The minimum Gasteiger partial charge on any atom is -0.478 e. The number of carbonyl (C=O) groups is 8. The molecule has 6 N–H and O–H groups in total. The Morgan fingerprint density at radius 3 is 0.943 bits per heavy atom. The third-order valence-electron chi connectivity index (χ3n) is 4.28. The van der Waals surface area contributed by atoms with Crippen LogP contribution in [-0.4, -0.2) is 78.4 Å². The van der Waals surface area contributed by atoms with Crippen LogP contribution in [0.1, 0.15) is 82.9 Å². The summed E-state index contributed by atoms with van der Waals surface area (Å²) in [5.74, 6) is -15.5. The minimum absolute atomic E-state index is 0.377. The van der Waals surface area contributed by atoms with Crippen LogP contribution in [-0.2, 0) is 4.74 Å². The lowest BCUT2D eigenvalue weighted by Crippen LogP contribution is -2.23. The van der Waals surface area contributed by atoms with Crippen molar-refractivity contribution in [2.45, 2.75) is 0 Å². The van der Waals surface area contributed by atoms with Crippen molar-refractivity contribution in [3.8, 4) is 0 Å². The molecule has 180 valence electrons. The van der Waals surface area contributed by atoms with Crippen molar-refractivity contribution < 1.29 is 73.7 Å². The van der Waals surface area contributed by atoms with Crippen molar-refractivity contribution in [2.75, 3.05) is 0 Å². The molecule has 0 unspecified atom stereocenters. The molecule has 0 saturated heterocycles.